The number of hydrogen-bond acceptors (Lipinski definition) is 3. The number of halogens is 1. The van der Waals surface area contributed by atoms with Crippen LogP contribution in [0.25, 0.3) is 0 Å². The van der Waals surface area contributed by atoms with Gasteiger partial charge in [0, 0.05) is 11.4 Å². The van der Waals surface area contributed by atoms with Gasteiger partial charge in [-0.15, -0.1) is 0 Å². The number of amides is 1. The maximum absolute atomic E-state index is 11.7. The maximum Gasteiger partial charge on any atom is 0.255 e. The van der Waals surface area contributed by atoms with Crippen LogP contribution in [0.1, 0.15) is 24.2 Å². The van der Waals surface area contributed by atoms with Crippen LogP contribution in [-0.2, 0) is 0 Å². The van der Waals surface area contributed by atoms with Crippen molar-refractivity contribution in [1.29, 1.82) is 0 Å². The van der Waals surface area contributed by atoms with E-state index in [9.17, 15) is 15.0 Å². The molecular formula is C12H16BrNO3. The smallest absolute Gasteiger partial charge is 0.255 e. The second-order valence-corrected chi connectivity index (χ2v) is 5.35. The minimum Gasteiger partial charge on any atom is -0.508 e. The van der Waals surface area contributed by atoms with E-state index in [0.29, 0.717) is 12.5 Å². The van der Waals surface area contributed by atoms with Crippen molar-refractivity contribution in [3.05, 3.63) is 23.8 Å². The first kappa shape index (κ1) is 13.8. The molecule has 3 N–H and O–H groups in total. The van der Waals surface area contributed by atoms with Crippen molar-refractivity contribution in [2.45, 2.75) is 18.7 Å². The first-order chi connectivity index (χ1) is 7.91. The Bertz CT molecular complexity index is 407. The van der Waals surface area contributed by atoms with Gasteiger partial charge in [-0.05, 0) is 24.1 Å². The van der Waals surface area contributed by atoms with Gasteiger partial charge in [0.25, 0.3) is 5.91 Å². The van der Waals surface area contributed by atoms with Crippen LogP contribution in [0.5, 0.6) is 11.5 Å². The zero-order valence-corrected chi connectivity index (χ0v) is 11.4. The third-order valence-electron chi connectivity index (χ3n) is 2.41. The number of carbonyl (C=O) groups is 1. The summed E-state index contributed by atoms with van der Waals surface area (Å²) in [7, 11) is 0. The number of carbonyl (C=O) groups excluding carboxylic acids is 1. The number of aromatic hydroxyl groups is 2. The zero-order chi connectivity index (χ0) is 13.0. The van der Waals surface area contributed by atoms with Crippen molar-refractivity contribution in [1.82, 2.24) is 5.32 Å². The Morgan fingerprint density at radius 1 is 1.41 bits per heavy atom. The third kappa shape index (κ3) is 3.93. The van der Waals surface area contributed by atoms with Gasteiger partial charge in [0.1, 0.15) is 11.5 Å². The lowest BCUT2D eigenvalue weighted by atomic mass is 10.1. The molecule has 0 saturated carbocycles. The molecule has 1 atom stereocenters. The number of benzene rings is 1. The van der Waals surface area contributed by atoms with E-state index in [2.05, 4.69) is 21.2 Å². The highest BCUT2D eigenvalue weighted by molar-refractivity contribution is 9.09. The van der Waals surface area contributed by atoms with Crippen molar-refractivity contribution in [3.8, 4) is 11.5 Å². The zero-order valence-electron chi connectivity index (χ0n) is 9.77. The minimum atomic E-state index is -0.400. The first-order valence-electron chi connectivity index (χ1n) is 5.36. The van der Waals surface area contributed by atoms with E-state index >= 15 is 0 Å². The number of nitrogens with one attached hydrogen (secondary N) is 1. The summed E-state index contributed by atoms with van der Waals surface area (Å²) in [6.45, 7) is 4.54. The first-order valence-corrected chi connectivity index (χ1v) is 6.27. The fourth-order valence-electron chi connectivity index (χ4n) is 1.23. The molecule has 0 spiro atoms. The summed E-state index contributed by atoms with van der Waals surface area (Å²) in [5.41, 5.74) is 0.0773. The Balaban J connectivity index is 2.67. The summed E-state index contributed by atoms with van der Waals surface area (Å²) in [5.74, 6) is -0.195. The Labute approximate surface area is 109 Å². The van der Waals surface area contributed by atoms with Crippen LogP contribution in [0, 0.1) is 5.92 Å². The standard InChI is InChI=1S/C12H16BrNO3/c1-7(2)10(13)6-14-12(17)9-5-8(15)3-4-11(9)16/h3-5,7,10,15-16H,6H2,1-2H3,(H,14,17). The molecule has 0 aliphatic heterocycles. The highest BCUT2D eigenvalue weighted by Gasteiger charge is 2.14. The van der Waals surface area contributed by atoms with E-state index in [1.54, 1.807) is 0 Å². The second-order valence-electron chi connectivity index (χ2n) is 4.17. The van der Waals surface area contributed by atoms with Gasteiger partial charge in [-0.25, -0.2) is 0 Å². The van der Waals surface area contributed by atoms with Gasteiger partial charge in [0.05, 0.1) is 5.56 Å². The molecule has 1 aromatic carbocycles. The van der Waals surface area contributed by atoms with E-state index in [1.165, 1.54) is 18.2 Å². The summed E-state index contributed by atoms with van der Waals surface area (Å²) >= 11 is 3.45. The summed E-state index contributed by atoms with van der Waals surface area (Å²) in [5, 5.41) is 21.4. The predicted molar refractivity (Wildman–Crippen MR) is 69.7 cm³/mol. The van der Waals surface area contributed by atoms with E-state index in [0.717, 1.165) is 0 Å². The number of phenols is 2. The summed E-state index contributed by atoms with van der Waals surface area (Å²) < 4.78 is 0. The fraction of sp³-hybridized carbons (Fsp3) is 0.417. The molecule has 0 fully saturated rings. The van der Waals surface area contributed by atoms with Crippen LogP contribution in [0.2, 0.25) is 0 Å². The normalized spacial score (nSPS) is 12.5. The van der Waals surface area contributed by atoms with Crippen molar-refractivity contribution in [3.63, 3.8) is 0 Å². The molecule has 0 aliphatic carbocycles. The van der Waals surface area contributed by atoms with E-state index < -0.39 is 5.91 Å². The molecule has 0 radical (unpaired) electrons. The lowest BCUT2D eigenvalue weighted by Gasteiger charge is -2.14. The van der Waals surface area contributed by atoms with E-state index in [1.807, 2.05) is 13.8 Å². The van der Waals surface area contributed by atoms with Crippen LogP contribution < -0.4 is 5.32 Å². The molecule has 5 heteroatoms. The molecule has 1 rings (SSSR count). The molecule has 0 heterocycles. The Hall–Kier alpha value is -1.23. The van der Waals surface area contributed by atoms with Crippen molar-refractivity contribution < 1.29 is 15.0 Å². The van der Waals surface area contributed by atoms with Crippen LogP contribution in [0.15, 0.2) is 18.2 Å². The molecule has 1 amide bonds. The van der Waals surface area contributed by atoms with Gasteiger partial charge in [-0.3, -0.25) is 4.79 Å². The summed E-state index contributed by atoms with van der Waals surface area (Å²) in [4.78, 5) is 11.9. The lowest BCUT2D eigenvalue weighted by Crippen LogP contribution is -2.31. The molecule has 0 saturated heterocycles. The Kier molecular flexibility index (Phi) is 4.81. The molecule has 0 bridgehead atoms. The minimum absolute atomic E-state index is 0.0489. The number of hydrogen-bond donors (Lipinski definition) is 3. The van der Waals surface area contributed by atoms with Gasteiger partial charge in [0.2, 0.25) is 0 Å². The van der Waals surface area contributed by atoms with Crippen LogP contribution in [0.3, 0.4) is 0 Å². The molecular weight excluding hydrogens is 286 g/mol. The molecule has 17 heavy (non-hydrogen) atoms. The van der Waals surface area contributed by atoms with Gasteiger partial charge in [-0.1, -0.05) is 29.8 Å². The van der Waals surface area contributed by atoms with E-state index in [-0.39, 0.29) is 21.9 Å². The molecule has 94 valence electrons. The number of phenolic OH excluding ortho intramolecular Hbond substituents is 2. The van der Waals surface area contributed by atoms with Gasteiger partial charge in [0.15, 0.2) is 0 Å². The highest BCUT2D eigenvalue weighted by Crippen LogP contribution is 2.22. The highest BCUT2D eigenvalue weighted by atomic mass is 79.9. The largest absolute Gasteiger partial charge is 0.508 e. The van der Waals surface area contributed by atoms with E-state index in [4.69, 9.17) is 0 Å². The van der Waals surface area contributed by atoms with Crippen molar-refractivity contribution >= 4 is 21.8 Å². The quantitative estimate of drug-likeness (QED) is 0.590. The summed E-state index contributed by atoms with van der Waals surface area (Å²) in [6, 6.07) is 3.86. The average Bonchev–Trinajstić information content (AvgIpc) is 2.28. The second kappa shape index (κ2) is 5.91. The maximum atomic E-state index is 11.7. The lowest BCUT2D eigenvalue weighted by molar-refractivity contribution is 0.0950. The van der Waals surface area contributed by atoms with Gasteiger partial charge >= 0.3 is 0 Å². The van der Waals surface area contributed by atoms with Crippen LogP contribution >= 0.6 is 15.9 Å². The van der Waals surface area contributed by atoms with Crippen molar-refractivity contribution in [2.24, 2.45) is 5.92 Å². The third-order valence-corrected chi connectivity index (χ3v) is 3.79. The molecule has 1 aromatic rings. The monoisotopic (exact) mass is 301 g/mol. The topological polar surface area (TPSA) is 69.6 Å². The molecule has 1 unspecified atom stereocenters. The molecule has 0 aliphatic rings. The Morgan fingerprint density at radius 2 is 2.06 bits per heavy atom. The molecule has 4 nitrogen and oxygen atoms in total. The van der Waals surface area contributed by atoms with Crippen molar-refractivity contribution in [2.75, 3.05) is 6.54 Å². The predicted octanol–water partition coefficient (Wildman–Crippen LogP) is 2.25. The summed E-state index contributed by atoms with van der Waals surface area (Å²) in [6.07, 6.45) is 0. The Morgan fingerprint density at radius 3 is 2.65 bits per heavy atom. The SMILES string of the molecule is CC(C)C(Br)CNC(=O)c1cc(O)ccc1O. The fourth-order valence-corrected chi connectivity index (χ4v) is 1.39. The van der Waals surface area contributed by atoms with Crippen LogP contribution in [0.4, 0.5) is 0 Å². The van der Waals surface area contributed by atoms with Gasteiger partial charge in [-0.2, -0.15) is 0 Å². The number of rotatable bonds is 4. The van der Waals surface area contributed by atoms with Crippen LogP contribution in [-0.4, -0.2) is 27.5 Å². The number of alkyl halides is 1. The molecule has 0 aromatic heterocycles. The average molecular weight is 302 g/mol. The van der Waals surface area contributed by atoms with Gasteiger partial charge < -0.3 is 15.5 Å².